The molecule has 76 valence electrons. The van der Waals surface area contributed by atoms with Crippen LogP contribution >= 0.6 is 0 Å². The maximum atomic E-state index is 9.38. The third-order valence-corrected chi connectivity index (χ3v) is 2.83. The molecule has 0 rings (SSSR count). The van der Waals surface area contributed by atoms with E-state index in [0.29, 0.717) is 0 Å². The van der Waals surface area contributed by atoms with Gasteiger partial charge in [-0.1, -0.05) is 0 Å². The minimum atomic E-state index is -6.07. The summed E-state index contributed by atoms with van der Waals surface area (Å²) in [6.45, 7) is 1.93. The van der Waals surface area contributed by atoms with Crippen molar-refractivity contribution in [3.05, 3.63) is 0 Å². The van der Waals surface area contributed by atoms with Crippen LogP contribution in [0.2, 0.25) is 0 Å². The second-order valence-electron chi connectivity index (χ2n) is 1.20. The van der Waals surface area contributed by atoms with Gasteiger partial charge in [0, 0.05) is 6.61 Å². The van der Waals surface area contributed by atoms with E-state index in [0.717, 1.165) is 0 Å². The van der Waals surface area contributed by atoms with Gasteiger partial charge in [0.1, 0.15) is 0 Å². The monoisotopic (exact) mass is 340 g/mol. The van der Waals surface area contributed by atoms with E-state index in [-0.39, 0.29) is 109 Å². The van der Waals surface area contributed by atoms with Crippen LogP contribution in [0.3, 0.4) is 0 Å². The summed E-state index contributed by atoms with van der Waals surface area (Å²) in [6, 6.07) is 0. The number of aliphatic hydroxyl groups excluding tert-OH is 1. The molecule has 14 heavy (non-hydrogen) atoms. The normalized spacial score (nSPS) is 10.0. The molecule has 0 saturated heterocycles. The van der Waals surface area contributed by atoms with Gasteiger partial charge in [0.15, 0.2) is 0 Å². The summed E-state index contributed by atoms with van der Waals surface area (Å²) in [5, 5.41) is 7.57. The first-order chi connectivity index (χ1) is 5.12. The Morgan fingerprint density at radius 1 is 1.07 bits per heavy atom. The predicted molar refractivity (Wildman–Crippen MR) is 16.6 cm³/mol. The van der Waals surface area contributed by atoms with Gasteiger partial charge in [0.05, 0.1) is 0 Å². The van der Waals surface area contributed by atoms with Gasteiger partial charge in [-0.05, 0) is 6.92 Å². The van der Waals surface area contributed by atoms with Crippen LogP contribution in [0.5, 0.6) is 0 Å². The second kappa shape index (κ2) is 12.8. The van der Waals surface area contributed by atoms with Crippen molar-refractivity contribution in [3.8, 4) is 0 Å². The zero-order valence-corrected chi connectivity index (χ0v) is 16.6. The summed E-state index contributed by atoms with van der Waals surface area (Å²) < 4.78 is 58.9. The Morgan fingerprint density at radius 2 is 1.21 bits per heavy atom. The molecule has 0 amide bonds. The van der Waals surface area contributed by atoms with E-state index >= 15 is 0 Å². The Morgan fingerprint density at radius 3 is 1.21 bits per heavy atom. The molecule has 0 aromatic carbocycles. The molecule has 0 atom stereocenters. The summed E-state index contributed by atoms with van der Waals surface area (Å²) in [5.41, 5.74) is 0. The van der Waals surface area contributed by atoms with E-state index in [1.54, 1.807) is 6.92 Å². The Bertz CT molecular complexity index is 261. The van der Waals surface area contributed by atoms with Crippen molar-refractivity contribution < 1.29 is 161 Å². The number of hydrogen-bond donors (Lipinski definition) is 1. The van der Waals surface area contributed by atoms with Crippen molar-refractivity contribution in [2.75, 3.05) is 6.61 Å². The summed E-state index contributed by atoms with van der Waals surface area (Å²) in [6.07, 6.45) is 0. The molecule has 0 heterocycles. The molecule has 1 N–H and O–H groups in total. The molecule has 0 radical (unpaired) electrons. The average Bonchev–Trinajstić information content (AvgIpc) is 1.53. The van der Waals surface area contributed by atoms with Gasteiger partial charge in [-0.3, -0.25) is 0 Å². The van der Waals surface area contributed by atoms with E-state index in [1.807, 2.05) is 0 Å². The third kappa shape index (κ3) is 36.1. The first kappa shape index (κ1) is 26.0. The predicted octanol–water partition coefficient (Wildman–Crippen LogP) is -8.92. The van der Waals surface area contributed by atoms with Crippen molar-refractivity contribution in [2.24, 2.45) is 0 Å². The fourth-order valence-corrected chi connectivity index (χ4v) is 1.74. The van der Waals surface area contributed by atoms with Crippen LogP contribution in [0.25, 0.3) is 0 Å². The van der Waals surface area contributed by atoms with Crippen LogP contribution in [0, 0.1) is 0 Å². The summed E-state index contributed by atoms with van der Waals surface area (Å²) in [7, 11) is 0. The number of hydrogen-bond acceptors (Lipinski definition) is 8. The van der Waals surface area contributed by atoms with Crippen LogP contribution in [-0.4, -0.2) is 11.7 Å². The number of aliphatic hydroxyl groups is 1. The van der Waals surface area contributed by atoms with Crippen molar-refractivity contribution in [1.82, 2.24) is 0 Å². The number of rotatable bonds is 2. The van der Waals surface area contributed by atoms with Crippen molar-refractivity contribution in [3.63, 3.8) is 0 Å². The Balaban J connectivity index is -0.0000000891. The van der Waals surface area contributed by atoms with E-state index in [9.17, 15) is 23.5 Å². The van der Waals surface area contributed by atoms with Crippen molar-refractivity contribution >= 4 is 0 Å². The molecule has 12 heteroatoms. The van der Waals surface area contributed by atoms with Gasteiger partial charge in [-0.15, -0.1) is 0 Å². The van der Waals surface area contributed by atoms with Gasteiger partial charge in [-0.2, -0.15) is 0 Å². The van der Waals surface area contributed by atoms with E-state index in [1.165, 1.54) is 0 Å². The molecular weight excluding hydrogens is 334 g/mol. The van der Waals surface area contributed by atoms with Gasteiger partial charge in [-0.25, -0.2) is 0 Å². The molecule has 0 saturated carbocycles. The Kier molecular flexibility index (Phi) is 23.9. The molecule has 0 aliphatic heterocycles. The van der Waals surface area contributed by atoms with E-state index in [2.05, 4.69) is 2.84 Å². The molecule has 8 nitrogen and oxygen atoms in total. The van der Waals surface area contributed by atoms with Crippen LogP contribution in [0.4, 0.5) is 0 Å². The molecule has 0 aliphatic rings. The molecule has 0 aliphatic carbocycles. The molecule has 0 unspecified atom stereocenters. The van der Waals surface area contributed by atoms with Gasteiger partial charge >= 0.3 is 156 Å². The maximum absolute atomic E-state index is 9.38. The molecule has 0 aromatic rings. The second-order valence-corrected chi connectivity index (χ2v) is 4.84. The Labute approximate surface area is 170 Å². The van der Waals surface area contributed by atoms with Crippen LogP contribution in [0.15, 0.2) is 0 Å². The molecule has 0 spiro atoms. The van der Waals surface area contributed by atoms with E-state index in [4.69, 9.17) is 5.11 Å². The van der Waals surface area contributed by atoms with E-state index < -0.39 is 27.2 Å². The molecule has 0 fully saturated rings. The van der Waals surface area contributed by atoms with Gasteiger partial charge < -0.3 is 5.11 Å². The topological polar surface area (TPSA) is 144 Å². The van der Waals surface area contributed by atoms with Crippen molar-refractivity contribution in [2.45, 2.75) is 6.92 Å². The average molecular weight is 340 g/mol. The van der Waals surface area contributed by atoms with Gasteiger partial charge in [0.2, 0.25) is 0 Å². The SMILES string of the molecule is CCO.[K+].[K+].[O]=[Cr](=[O])([O-])[O][Cr](=[O])(=[O])[O-]. The first-order valence-electron chi connectivity index (χ1n) is 2.36. The fourth-order valence-electron chi connectivity index (χ4n) is 0.102. The third-order valence-electron chi connectivity index (χ3n) is 0.167. The van der Waals surface area contributed by atoms with Crippen LogP contribution in [0.1, 0.15) is 6.92 Å². The quantitative estimate of drug-likeness (QED) is 0.488. The zero-order valence-electron chi connectivity index (χ0n) is 7.83. The molecule has 0 aromatic heterocycles. The molecule has 0 bridgehead atoms. The minimum absolute atomic E-state index is 0. The molecular formula is C2H6Cr2K2O8. The summed E-state index contributed by atoms with van der Waals surface area (Å²) in [5.74, 6) is 0. The zero-order chi connectivity index (χ0) is 10.4. The standard InChI is InChI=1S/C2H6O.2Cr.2K.7O/c1-2-3;;;;;;;;;;;/h3H,2H2,1H3;;;;;;;;;;;/q;;;2*+1;;;;;;2*-1. The summed E-state index contributed by atoms with van der Waals surface area (Å²) >= 11 is -12.1. The van der Waals surface area contributed by atoms with Crippen molar-refractivity contribution in [1.29, 1.82) is 0 Å². The summed E-state index contributed by atoms with van der Waals surface area (Å²) in [4.78, 5) is 0. The first-order valence-corrected chi connectivity index (χ1v) is 6.52. The van der Waals surface area contributed by atoms with Gasteiger partial charge in [0.25, 0.3) is 0 Å². The van der Waals surface area contributed by atoms with Crippen LogP contribution < -0.4 is 111 Å². The Hall–Kier alpha value is 3.38. The fraction of sp³-hybridized carbons (Fsp3) is 1.00. The van der Waals surface area contributed by atoms with Crippen LogP contribution in [-0.2, 0) is 45.3 Å².